The number of amides is 1. The number of carbonyl (C=O) groups is 1. The van der Waals surface area contributed by atoms with Crippen molar-refractivity contribution in [1.29, 1.82) is 0 Å². The van der Waals surface area contributed by atoms with E-state index in [0.717, 1.165) is 12.8 Å². The molecule has 0 saturated carbocycles. The third-order valence-corrected chi connectivity index (χ3v) is 6.43. The van der Waals surface area contributed by atoms with Crippen LogP contribution in [-0.4, -0.2) is 27.4 Å². The van der Waals surface area contributed by atoms with Gasteiger partial charge in [-0.2, -0.15) is 0 Å². The van der Waals surface area contributed by atoms with E-state index in [1.165, 1.54) is 10.4 Å². The second-order valence-electron chi connectivity index (χ2n) is 6.52. The first-order chi connectivity index (χ1) is 13.5. The molecule has 0 radical (unpaired) electrons. The minimum absolute atomic E-state index is 0.0904. The van der Waals surface area contributed by atoms with Crippen LogP contribution in [0.1, 0.15) is 30.9 Å². The highest BCUT2D eigenvalue weighted by Crippen LogP contribution is 2.42. The molecule has 0 unspecified atom stereocenters. The molecule has 3 rings (SSSR count). The number of nitrogens with one attached hydrogen (secondary N) is 1. The highest BCUT2D eigenvalue weighted by molar-refractivity contribution is 7.97. The van der Waals surface area contributed by atoms with Crippen LogP contribution in [0.15, 0.2) is 72.2 Å². The quantitative estimate of drug-likeness (QED) is 0.573. The molecule has 1 aliphatic rings. The van der Waals surface area contributed by atoms with Gasteiger partial charge in [-0.25, -0.2) is 8.42 Å². The Bertz CT molecular complexity index is 1010. The SMILES string of the molecule is C=CCN1c2ccccc2C(c2ccccc2)=C(C(=O)NCCCC)S1(=O)=O. The lowest BCUT2D eigenvalue weighted by molar-refractivity contribution is -0.116. The number of hydrogen-bond donors (Lipinski definition) is 1. The van der Waals surface area contributed by atoms with E-state index in [1.807, 2.05) is 49.4 Å². The van der Waals surface area contributed by atoms with Crippen molar-refractivity contribution in [2.75, 3.05) is 17.4 Å². The summed E-state index contributed by atoms with van der Waals surface area (Å²) in [6.07, 6.45) is 3.21. The van der Waals surface area contributed by atoms with E-state index in [2.05, 4.69) is 11.9 Å². The molecule has 0 atom stereocenters. The van der Waals surface area contributed by atoms with Gasteiger partial charge in [0.05, 0.1) is 12.2 Å². The van der Waals surface area contributed by atoms with Gasteiger partial charge in [-0.15, -0.1) is 6.58 Å². The number of carbonyl (C=O) groups excluding carboxylic acids is 1. The summed E-state index contributed by atoms with van der Waals surface area (Å²) >= 11 is 0. The van der Waals surface area contributed by atoms with Crippen LogP contribution in [0.2, 0.25) is 0 Å². The lowest BCUT2D eigenvalue weighted by Gasteiger charge is -2.32. The van der Waals surface area contributed by atoms with Crippen LogP contribution in [0, 0.1) is 0 Å². The lowest BCUT2D eigenvalue weighted by Crippen LogP contribution is -2.41. The summed E-state index contributed by atoms with van der Waals surface area (Å²) < 4.78 is 28.2. The van der Waals surface area contributed by atoms with Crippen LogP contribution in [0.4, 0.5) is 5.69 Å². The minimum atomic E-state index is -4.04. The number of anilines is 1. The third-order valence-electron chi connectivity index (χ3n) is 4.60. The van der Waals surface area contributed by atoms with E-state index in [1.54, 1.807) is 12.1 Å². The highest BCUT2D eigenvalue weighted by atomic mass is 32.2. The number of para-hydroxylation sites is 1. The maximum atomic E-state index is 13.5. The van der Waals surface area contributed by atoms with E-state index in [-0.39, 0.29) is 11.4 Å². The molecule has 28 heavy (non-hydrogen) atoms. The largest absolute Gasteiger partial charge is 0.351 e. The molecule has 0 saturated heterocycles. The van der Waals surface area contributed by atoms with Gasteiger partial charge >= 0.3 is 0 Å². The zero-order valence-corrected chi connectivity index (χ0v) is 16.7. The molecule has 1 amide bonds. The fourth-order valence-electron chi connectivity index (χ4n) is 3.29. The van der Waals surface area contributed by atoms with Crippen molar-refractivity contribution in [2.24, 2.45) is 0 Å². The number of fused-ring (bicyclic) bond motifs is 1. The zero-order chi connectivity index (χ0) is 20.1. The molecule has 1 aliphatic heterocycles. The first kappa shape index (κ1) is 19.9. The summed E-state index contributed by atoms with van der Waals surface area (Å²) in [5.74, 6) is -0.573. The number of sulfonamides is 1. The second-order valence-corrected chi connectivity index (χ2v) is 8.32. The van der Waals surface area contributed by atoms with Gasteiger partial charge in [-0.1, -0.05) is 68.0 Å². The van der Waals surface area contributed by atoms with Crippen LogP contribution < -0.4 is 9.62 Å². The minimum Gasteiger partial charge on any atom is -0.351 e. The number of benzene rings is 2. The van der Waals surface area contributed by atoms with Gasteiger partial charge in [0, 0.05) is 17.7 Å². The molecule has 0 fully saturated rings. The molecule has 6 heteroatoms. The number of nitrogens with zero attached hydrogens (tertiary/aromatic N) is 1. The molecule has 0 bridgehead atoms. The van der Waals surface area contributed by atoms with Crippen molar-refractivity contribution in [3.05, 3.63) is 83.3 Å². The van der Waals surface area contributed by atoms with Gasteiger partial charge in [0.15, 0.2) is 4.91 Å². The zero-order valence-electron chi connectivity index (χ0n) is 15.9. The van der Waals surface area contributed by atoms with Crippen LogP contribution in [0.3, 0.4) is 0 Å². The predicted octanol–water partition coefficient (Wildman–Crippen LogP) is 3.70. The average Bonchev–Trinajstić information content (AvgIpc) is 2.70. The predicted molar refractivity (Wildman–Crippen MR) is 113 cm³/mol. The molecule has 1 N–H and O–H groups in total. The Hall–Kier alpha value is -2.86. The van der Waals surface area contributed by atoms with Crippen molar-refractivity contribution in [3.8, 4) is 0 Å². The fraction of sp³-hybridized carbons (Fsp3) is 0.227. The van der Waals surface area contributed by atoms with E-state index >= 15 is 0 Å². The average molecular weight is 397 g/mol. The van der Waals surface area contributed by atoms with E-state index < -0.39 is 15.9 Å². The van der Waals surface area contributed by atoms with Gasteiger partial charge in [0.25, 0.3) is 15.9 Å². The first-order valence-electron chi connectivity index (χ1n) is 9.33. The van der Waals surface area contributed by atoms with Crippen LogP contribution >= 0.6 is 0 Å². The Morgan fingerprint density at radius 1 is 1.11 bits per heavy atom. The summed E-state index contributed by atoms with van der Waals surface area (Å²) in [7, 11) is -4.04. The Labute approximate surface area is 166 Å². The van der Waals surface area contributed by atoms with Crippen molar-refractivity contribution in [1.82, 2.24) is 5.32 Å². The maximum Gasteiger partial charge on any atom is 0.270 e. The molecule has 2 aromatic carbocycles. The highest BCUT2D eigenvalue weighted by Gasteiger charge is 2.40. The van der Waals surface area contributed by atoms with Crippen molar-refractivity contribution < 1.29 is 13.2 Å². The molecule has 5 nitrogen and oxygen atoms in total. The molecule has 0 aliphatic carbocycles. The van der Waals surface area contributed by atoms with Gasteiger partial charge in [0.1, 0.15) is 0 Å². The molecule has 2 aromatic rings. The van der Waals surface area contributed by atoms with Crippen molar-refractivity contribution in [2.45, 2.75) is 19.8 Å². The summed E-state index contributed by atoms with van der Waals surface area (Å²) in [6.45, 7) is 6.21. The van der Waals surface area contributed by atoms with E-state index in [4.69, 9.17) is 0 Å². The van der Waals surface area contributed by atoms with E-state index in [0.29, 0.717) is 28.9 Å². The number of rotatable bonds is 7. The summed E-state index contributed by atoms with van der Waals surface area (Å²) in [4.78, 5) is 12.8. The van der Waals surface area contributed by atoms with Crippen LogP contribution in [0.5, 0.6) is 0 Å². The molecule has 0 spiro atoms. The summed E-state index contributed by atoms with van der Waals surface area (Å²) in [5, 5.41) is 2.77. The van der Waals surface area contributed by atoms with E-state index in [9.17, 15) is 13.2 Å². The van der Waals surface area contributed by atoms with Crippen LogP contribution in [0.25, 0.3) is 5.57 Å². The maximum absolute atomic E-state index is 13.5. The molecular formula is C22H24N2O3S. The smallest absolute Gasteiger partial charge is 0.270 e. The summed E-state index contributed by atoms with van der Waals surface area (Å²) in [5.41, 5.74) is 2.39. The Balaban J connectivity index is 2.29. The molecule has 1 heterocycles. The first-order valence-corrected chi connectivity index (χ1v) is 10.8. The fourth-order valence-corrected chi connectivity index (χ4v) is 5.02. The van der Waals surface area contributed by atoms with Gasteiger partial charge in [-0.3, -0.25) is 9.10 Å². The topological polar surface area (TPSA) is 66.5 Å². The lowest BCUT2D eigenvalue weighted by atomic mass is 9.95. The Kier molecular flexibility index (Phi) is 5.99. The second kappa shape index (κ2) is 8.44. The van der Waals surface area contributed by atoms with Crippen molar-refractivity contribution >= 4 is 27.2 Å². The van der Waals surface area contributed by atoms with Crippen LogP contribution in [-0.2, 0) is 14.8 Å². The van der Waals surface area contributed by atoms with Gasteiger partial charge < -0.3 is 5.32 Å². The monoisotopic (exact) mass is 396 g/mol. The number of hydrogen-bond acceptors (Lipinski definition) is 3. The van der Waals surface area contributed by atoms with Gasteiger partial charge in [0.2, 0.25) is 0 Å². The normalized spacial score (nSPS) is 15.1. The standard InChI is InChI=1S/C22H24N2O3S/c1-3-5-15-23-22(25)21-20(17-11-7-6-8-12-17)18-13-9-10-14-19(18)24(16-4-2)28(21,26)27/h4,6-14H,2-3,5,15-16H2,1H3,(H,23,25). The molecular weight excluding hydrogens is 372 g/mol. The van der Waals surface area contributed by atoms with Crippen molar-refractivity contribution in [3.63, 3.8) is 0 Å². The Morgan fingerprint density at radius 3 is 2.46 bits per heavy atom. The third kappa shape index (κ3) is 3.60. The molecule has 0 aromatic heterocycles. The van der Waals surface area contributed by atoms with Gasteiger partial charge in [-0.05, 0) is 18.1 Å². The number of unbranched alkanes of at least 4 members (excludes halogenated alkanes) is 1. The Morgan fingerprint density at radius 2 is 1.79 bits per heavy atom. The summed E-state index contributed by atoms with van der Waals surface area (Å²) in [6, 6.07) is 16.4. The molecule has 146 valence electrons.